The van der Waals surface area contributed by atoms with E-state index in [2.05, 4.69) is 21.3 Å². The Bertz CT molecular complexity index is 2000. The number of cyclic esters (lactones) is 1. The summed E-state index contributed by atoms with van der Waals surface area (Å²) in [7, 11) is 0. The SMILES string of the molecule is C[C@H]1C[C@H]2C(=O)OC[C@H](NC(=O)[C@H](Cc3cc(F)cc(F)c3)NC(=O)Nc3ccc4c(c3)OCO4)C(=O)N3CCC[C@H]3C(=O)N3CCCC[C@H]3C(=O)N[C@@H](C)C(=O)N2C1. The molecule has 0 bridgehead atoms. The van der Waals surface area contributed by atoms with Gasteiger partial charge in [0, 0.05) is 43.9 Å². The number of benzene rings is 2. The lowest BCUT2D eigenvalue weighted by atomic mass is 9.99. The van der Waals surface area contributed by atoms with Crippen LogP contribution in [0.3, 0.4) is 0 Å². The quantitative estimate of drug-likeness (QED) is 0.310. The first-order chi connectivity index (χ1) is 28.2. The van der Waals surface area contributed by atoms with Crippen molar-refractivity contribution in [2.24, 2.45) is 5.92 Å². The average Bonchev–Trinajstić information content (AvgIpc) is 3.97. The van der Waals surface area contributed by atoms with E-state index in [9.17, 15) is 42.3 Å². The molecule has 59 heavy (non-hydrogen) atoms. The van der Waals surface area contributed by atoms with Gasteiger partial charge in [0.1, 0.15) is 54.5 Å². The number of fused-ring (bicyclic) bond motifs is 4. The summed E-state index contributed by atoms with van der Waals surface area (Å²) in [6, 6.07) is -0.813. The lowest BCUT2D eigenvalue weighted by Crippen LogP contribution is -2.62. The van der Waals surface area contributed by atoms with Crippen LogP contribution in [-0.4, -0.2) is 126 Å². The molecule has 4 saturated heterocycles. The van der Waals surface area contributed by atoms with Crippen molar-refractivity contribution < 1.29 is 56.6 Å². The highest BCUT2D eigenvalue weighted by Crippen LogP contribution is 2.34. The smallest absolute Gasteiger partial charge is 0.328 e. The van der Waals surface area contributed by atoms with Crippen LogP contribution in [0.5, 0.6) is 11.5 Å². The van der Waals surface area contributed by atoms with Gasteiger partial charge in [-0.25, -0.2) is 18.4 Å². The molecule has 7 atom stereocenters. The Balaban J connectivity index is 1.18. The highest BCUT2D eigenvalue weighted by molar-refractivity contribution is 5.98. The zero-order chi connectivity index (χ0) is 42.0. The molecule has 19 heteroatoms. The molecule has 7 rings (SSSR count). The van der Waals surface area contributed by atoms with E-state index >= 15 is 0 Å². The van der Waals surface area contributed by atoms with E-state index in [1.807, 2.05) is 6.92 Å². The monoisotopic (exact) mass is 823 g/mol. The van der Waals surface area contributed by atoms with Crippen molar-refractivity contribution in [3.63, 3.8) is 0 Å². The van der Waals surface area contributed by atoms with Gasteiger partial charge in [0.05, 0.1) is 0 Å². The maximum absolute atomic E-state index is 14.5. The molecule has 316 valence electrons. The number of hydrogen-bond acceptors (Lipinski definition) is 10. The number of anilines is 1. The van der Waals surface area contributed by atoms with Gasteiger partial charge in [-0.3, -0.25) is 24.0 Å². The Kier molecular flexibility index (Phi) is 12.2. The largest absolute Gasteiger partial charge is 0.461 e. The number of hydrogen-bond donors (Lipinski definition) is 4. The molecular weight excluding hydrogens is 776 g/mol. The molecule has 5 aliphatic heterocycles. The van der Waals surface area contributed by atoms with Crippen LogP contribution in [0.1, 0.15) is 57.9 Å². The Morgan fingerprint density at radius 2 is 1.53 bits per heavy atom. The van der Waals surface area contributed by atoms with Crippen LogP contribution in [0.4, 0.5) is 19.3 Å². The van der Waals surface area contributed by atoms with Crippen molar-refractivity contribution in [1.82, 2.24) is 30.7 Å². The number of ether oxygens (including phenoxy) is 3. The fourth-order valence-electron chi connectivity index (χ4n) is 8.46. The van der Waals surface area contributed by atoms with Gasteiger partial charge < -0.3 is 50.2 Å². The molecular formula is C40H47F2N7O10. The first-order valence-electron chi connectivity index (χ1n) is 19.9. The Morgan fingerprint density at radius 1 is 0.814 bits per heavy atom. The molecule has 0 spiro atoms. The molecule has 7 amide bonds. The van der Waals surface area contributed by atoms with Crippen molar-refractivity contribution in [3.8, 4) is 11.5 Å². The number of amides is 7. The number of carbonyl (C=O) groups excluding carboxylic acids is 7. The summed E-state index contributed by atoms with van der Waals surface area (Å²) in [5.74, 6) is -5.23. The summed E-state index contributed by atoms with van der Waals surface area (Å²) in [6.45, 7) is 3.21. The summed E-state index contributed by atoms with van der Waals surface area (Å²) < 4.78 is 45.0. The normalized spacial score (nSPS) is 26.6. The zero-order valence-electron chi connectivity index (χ0n) is 32.7. The van der Waals surface area contributed by atoms with Gasteiger partial charge in [-0.15, -0.1) is 0 Å². The third kappa shape index (κ3) is 9.18. The van der Waals surface area contributed by atoms with E-state index < -0.39 is 102 Å². The fourth-order valence-corrected chi connectivity index (χ4v) is 8.46. The van der Waals surface area contributed by atoms with Crippen LogP contribution in [0.25, 0.3) is 0 Å². The summed E-state index contributed by atoms with van der Waals surface area (Å²) in [4.78, 5) is 102. The molecule has 0 unspecified atom stereocenters. The highest BCUT2D eigenvalue weighted by atomic mass is 19.1. The number of esters is 1. The van der Waals surface area contributed by atoms with Gasteiger partial charge in [-0.2, -0.15) is 0 Å². The van der Waals surface area contributed by atoms with Gasteiger partial charge in [0.25, 0.3) is 0 Å². The van der Waals surface area contributed by atoms with Gasteiger partial charge in [0.15, 0.2) is 11.5 Å². The van der Waals surface area contributed by atoms with Crippen LogP contribution >= 0.6 is 0 Å². The lowest BCUT2D eigenvalue weighted by Gasteiger charge is -2.39. The molecule has 4 fully saturated rings. The Hall–Kier alpha value is -6.01. The van der Waals surface area contributed by atoms with Crippen molar-refractivity contribution in [2.75, 3.05) is 38.4 Å². The minimum Gasteiger partial charge on any atom is -0.461 e. The van der Waals surface area contributed by atoms with Crippen molar-refractivity contribution in [2.45, 2.75) is 95.0 Å². The van der Waals surface area contributed by atoms with Gasteiger partial charge in [-0.1, -0.05) is 6.92 Å². The molecule has 0 saturated carbocycles. The summed E-state index contributed by atoms with van der Waals surface area (Å²) in [5.41, 5.74) is 0.269. The maximum atomic E-state index is 14.5. The second-order valence-corrected chi connectivity index (χ2v) is 15.7. The molecule has 2 aromatic carbocycles. The standard InChI is InChI=1S/C40H47F2N7O10/c1-21-12-31-39(55)57-19-28(37(53)48-11-5-7-30(48)38(54)47-10-4-3-6-29(47)35(51)43-22(2)36(52)49(31)18-21)45-34(50)27(15-23-13-24(41)16-25(42)14-23)46-40(56)44-26-8-9-32-33(17-26)59-20-58-32/h8-9,13-14,16-17,21-22,27-31H,3-7,10-12,15,18-20H2,1-2H3,(H,43,51)(H,45,50)(H2,44,46,56)/t21-,22-,27-,28-,29-,30-,31-/m0/s1. The van der Waals surface area contributed by atoms with Crippen LogP contribution in [0.15, 0.2) is 36.4 Å². The topological polar surface area (TPSA) is 205 Å². The molecule has 4 N–H and O–H groups in total. The molecule has 5 aliphatic rings. The maximum Gasteiger partial charge on any atom is 0.328 e. The first-order valence-corrected chi connectivity index (χ1v) is 19.9. The van der Waals surface area contributed by atoms with E-state index in [1.165, 1.54) is 33.8 Å². The van der Waals surface area contributed by atoms with Crippen molar-refractivity contribution >= 4 is 47.2 Å². The summed E-state index contributed by atoms with van der Waals surface area (Å²) >= 11 is 0. The minimum atomic E-state index is -1.61. The second kappa shape index (κ2) is 17.5. The van der Waals surface area contributed by atoms with Crippen LogP contribution in [0, 0.1) is 17.6 Å². The third-order valence-corrected chi connectivity index (χ3v) is 11.3. The van der Waals surface area contributed by atoms with E-state index in [1.54, 1.807) is 6.07 Å². The number of halogens is 2. The molecule has 0 radical (unpaired) electrons. The molecule has 5 heterocycles. The van der Waals surface area contributed by atoms with Crippen LogP contribution in [0.2, 0.25) is 0 Å². The summed E-state index contributed by atoms with van der Waals surface area (Å²) in [6.07, 6.45) is 2.11. The molecule has 17 nitrogen and oxygen atoms in total. The number of piperidine rings is 1. The number of rotatable bonds is 6. The molecule has 2 aromatic rings. The number of carbonyl (C=O) groups is 7. The third-order valence-electron chi connectivity index (χ3n) is 11.3. The second-order valence-electron chi connectivity index (χ2n) is 15.7. The zero-order valence-corrected chi connectivity index (χ0v) is 32.7. The summed E-state index contributed by atoms with van der Waals surface area (Å²) in [5, 5.41) is 10.4. The van der Waals surface area contributed by atoms with Crippen molar-refractivity contribution in [1.29, 1.82) is 0 Å². The molecule has 0 aliphatic carbocycles. The van der Waals surface area contributed by atoms with Gasteiger partial charge in [-0.05, 0) is 81.2 Å². The highest BCUT2D eigenvalue weighted by Gasteiger charge is 2.46. The van der Waals surface area contributed by atoms with E-state index in [0.29, 0.717) is 43.2 Å². The Morgan fingerprint density at radius 3 is 2.31 bits per heavy atom. The molecule has 0 aromatic heterocycles. The van der Waals surface area contributed by atoms with E-state index in [-0.39, 0.29) is 56.4 Å². The van der Waals surface area contributed by atoms with Crippen molar-refractivity contribution in [3.05, 3.63) is 53.6 Å². The van der Waals surface area contributed by atoms with Crippen LogP contribution < -0.4 is 30.7 Å². The predicted octanol–water partition coefficient (Wildman–Crippen LogP) is 1.58. The minimum absolute atomic E-state index is 0.00133. The first kappa shape index (κ1) is 41.2. The van der Waals surface area contributed by atoms with E-state index in [4.69, 9.17) is 14.2 Å². The fraction of sp³-hybridized carbons (Fsp3) is 0.525. The van der Waals surface area contributed by atoms with Gasteiger partial charge in [0.2, 0.25) is 36.3 Å². The Labute approximate surface area is 338 Å². The number of urea groups is 1. The predicted molar refractivity (Wildman–Crippen MR) is 202 cm³/mol. The van der Waals surface area contributed by atoms with Gasteiger partial charge >= 0.3 is 12.0 Å². The number of nitrogens with zero attached hydrogens (tertiary/aromatic N) is 3. The van der Waals surface area contributed by atoms with E-state index in [0.717, 1.165) is 12.1 Å². The number of nitrogens with one attached hydrogen (secondary N) is 4. The lowest BCUT2D eigenvalue weighted by molar-refractivity contribution is -0.158. The van der Waals surface area contributed by atoms with Crippen LogP contribution in [-0.2, 0) is 39.9 Å². The average molecular weight is 824 g/mol.